The minimum absolute atomic E-state index is 0.0181. The molecule has 0 bridgehead atoms. The molecule has 1 aromatic heterocycles. The highest BCUT2D eigenvalue weighted by Gasteiger charge is 2.27. The van der Waals surface area contributed by atoms with Gasteiger partial charge in [0.2, 0.25) is 5.56 Å². The minimum Gasteiger partial charge on any atom is -0.329 e. The topological polar surface area (TPSA) is 48.1 Å². The van der Waals surface area contributed by atoms with Crippen LogP contribution in [0.5, 0.6) is 0 Å². The Morgan fingerprint density at radius 3 is 2.75 bits per heavy atom. The molecule has 1 saturated carbocycles. The predicted molar refractivity (Wildman–Crippen MR) is 80.8 cm³/mol. The highest BCUT2D eigenvalue weighted by molar-refractivity contribution is 5.14. The smallest absolute Gasteiger partial charge is 0.248 e. The zero-order valence-corrected chi connectivity index (χ0v) is 12.3. The fourth-order valence-corrected chi connectivity index (χ4v) is 3.13. The van der Waals surface area contributed by atoms with Crippen LogP contribution in [0.3, 0.4) is 0 Å². The molecule has 1 saturated heterocycles. The minimum atomic E-state index is -0.0181. The number of rotatable bonds is 5. The SMILES string of the molecule is CC(NC1CCN(CC2CC2)CC1)c1cc[nH]c(=O)c1. The van der Waals surface area contributed by atoms with E-state index in [9.17, 15) is 4.79 Å². The number of nitrogens with zero attached hydrogens (tertiary/aromatic N) is 1. The van der Waals surface area contributed by atoms with E-state index < -0.39 is 0 Å². The van der Waals surface area contributed by atoms with Gasteiger partial charge in [0.15, 0.2) is 0 Å². The van der Waals surface area contributed by atoms with E-state index in [2.05, 4.69) is 22.1 Å². The maximum Gasteiger partial charge on any atom is 0.248 e. The van der Waals surface area contributed by atoms with Crippen LogP contribution in [0, 0.1) is 5.92 Å². The first-order valence-corrected chi connectivity index (χ1v) is 7.88. The zero-order valence-electron chi connectivity index (χ0n) is 12.3. The van der Waals surface area contributed by atoms with Crippen LogP contribution in [-0.2, 0) is 0 Å². The largest absolute Gasteiger partial charge is 0.329 e. The summed E-state index contributed by atoms with van der Waals surface area (Å²) in [6, 6.07) is 4.51. The van der Waals surface area contributed by atoms with Gasteiger partial charge in [-0.25, -0.2) is 0 Å². The summed E-state index contributed by atoms with van der Waals surface area (Å²) in [4.78, 5) is 16.6. The van der Waals surface area contributed by atoms with Crippen molar-refractivity contribution in [3.63, 3.8) is 0 Å². The Morgan fingerprint density at radius 2 is 2.10 bits per heavy atom. The third-order valence-corrected chi connectivity index (χ3v) is 4.59. The average Bonchev–Trinajstić information content (AvgIpc) is 3.25. The van der Waals surface area contributed by atoms with Crippen molar-refractivity contribution in [2.24, 2.45) is 5.92 Å². The number of H-pyrrole nitrogens is 1. The van der Waals surface area contributed by atoms with Gasteiger partial charge < -0.3 is 15.2 Å². The van der Waals surface area contributed by atoms with Gasteiger partial charge in [-0.05, 0) is 63.2 Å². The van der Waals surface area contributed by atoms with Crippen molar-refractivity contribution < 1.29 is 0 Å². The van der Waals surface area contributed by atoms with Crippen LogP contribution in [0.15, 0.2) is 23.1 Å². The van der Waals surface area contributed by atoms with Crippen molar-refractivity contribution in [2.75, 3.05) is 19.6 Å². The van der Waals surface area contributed by atoms with Crippen molar-refractivity contribution in [3.8, 4) is 0 Å². The van der Waals surface area contributed by atoms with E-state index in [-0.39, 0.29) is 11.6 Å². The summed E-state index contributed by atoms with van der Waals surface area (Å²) in [7, 11) is 0. The molecule has 110 valence electrons. The Bertz CT molecular complexity index is 486. The van der Waals surface area contributed by atoms with Gasteiger partial charge in [-0.3, -0.25) is 4.79 Å². The van der Waals surface area contributed by atoms with Crippen LogP contribution in [0.1, 0.15) is 44.2 Å². The molecule has 2 aliphatic rings. The molecule has 4 nitrogen and oxygen atoms in total. The van der Waals surface area contributed by atoms with Gasteiger partial charge in [0.1, 0.15) is 0 Å². The Kier molecular flexibility index (Phi) is 4.22. The molecule has 1 aliphatic heterocycles. The normalized spacial score (nSPS) is 22.9. The summed E-state index contributed by atoms with van der Waals surface area (Å²) in [5, 5.41) is 3.67. The highest BCUT2D eigenvalue weighted by Crippen LogP contribution is 2.30. The molecular weight excluding hydrogens is 250 g/mol. The standard InChI is InChI=1S/C16H25N3O/c1-12(14-4-7-17-16(20)10-14)18-15-5-8-19(9-6-15)11-13-2-3-13/h4,7,10,12-13,15,18H,2-3,5-6,8-9,11H2,1H3,(H,17,20). The molecule has 0 amide bonds. The summed E-state index contributed by atoms with van der Waals surface area (Å²) in [5.74, 6) is 0.995. The number of hydrogen-bond donors (Lipinski definition) is 2. The second-order valence-electron chi connectivity index (χ2n) is 6.39. The maximum atomic E-state index is 11.3. The summed E-state index contributed by atoms with van der Waals surface area (Å²) in [5.41, 5.74) is 1.06. The van der Waals surface area contributed by atoms with Crippen LogP contribution >= 0.6 is 0 Å². The van der Waals surface area contributed by atoms with Gasteiger partial charge in [-0.2, -0.15) is 0 Å². The van der Waals surface area contributed by atoms with Crippen molar-refractivity contribution in [1.29, 1.82) is 0 Å². The van der Waals surface area contributed by atoms with Crippen molar-refractivity contribution >= 4 is 0 Å². The summed E-state index contributed by atoms with van der Waals surface area (Å²) >= 11 is 0. The molecule has 2 fully saturated rings. The molecule has 0 aromatic carbocycles. The Balaban J connectivity index is 1.47. The lowest BCUT2D eigenvalue weighted by Gasteiger charge is -2.34. The monoisotopic (exact) mass is 275 g/mol. The van der Waals surface area contributed by atoms with E-state index in [1.54, 1.807) is 12.3 Å². The summed E-state index contributed by atoms with van der Waals surface area (Å²) < 4.78 is 0. The van der Waals surface area contributed by atoms with Crippen molar-refractivity contribution in [1.82, 2.24) is 15.2 Å². The summed E-state index contributed by atoms with van der Waals surface area (Å²) in [6.07, 6.45) is 7.06. The Hall–Kier alpha value is -1.13. The maximum absolute atomic E-state index is 11.3. The van der Waals surface area contributed by atoms with Gasteiger partial charge in [-0.15, -0.1) is 0 Å². The third-order valence-electron chi connectivity index (χ3n) is 4.59. The van der Waals surface area contributed by atoms with Crippen molar-refractivity contribution in [3.05, 3.63) is 34.2 Å². The molecule has 2 N–H and O–H groups in total. The van der Waals surface area contributed by atoms with E-state index in [1.165, 1.54) is 45.3 Å². The molecule has 3 rings (SSSR count). The highest BCUT2D eigenvalue weighted by atomic mass is 16.1. The first-order chi connectivity index (χ1) is 9.70. The van der Waals surface area contributed by atoms with Gasteiger partial charge in [0, 0.05) is 30.9 Å². The number of hydrogen-bond acceptors (Lipinski definition) is 3. The molecule has 1 aliphatic carbocycles. The lowest BCUT2D eigenvalue weighted by Crippen LogP contribution is -2.43. The van der Waals surface area contributed by atoms with Gasteiger partial charge >= 0.3 is 0 Å². The van der Waals surface area contributed by atoms with Gasteiger partial charge in [-0.1, -0.05) is 0 Å². The molecule has 2 heterocycles. The van der Waals surface area contributed by atoms with Crippen LogP contribution in [0.2, 0.25) is 0 Å². The molecule has 20 heavy (non-hydrogen) atoms. The molecule has 1 unspecified atom stereocenters. The summed E-state index contributed by atoms with van der Waals surface area (Å²) in [6.45, 7) is 5.90. The van der Waals surface area contributed by atoms with Crippen LogP contribution in [-0.4, -0.2) is 35.6 Å². The number of likely N-dealkylation sites (tertiary alicyclic amines) is 1. The van der Waals surface area contributed by atoms with Gasteiger partial charge in [0.05, 0.1) is 0 Å². The lowest BCUT2D eigenvalue weighted by atomic mass is 10.0. The molecule has 1 aromatic rings. The number of piperidine rings is 1. The van der Waals surface area contributed by atoms with Crippen LogP contribution in [0.25, 0.3) is 0 Å². The van der Waals surface area contributed by atoms with Crippen LogP contribution < -0.4 is 10.9 Å². The van der Waals surface area contributed by atoms with Crippen molar-refractivity contribution in [2.45, 2.75) is 44.7 Å². The van der Waals surface area contributed by atoms with E-state index >= 15 is 0 Å². The average molecular weight is 275 g/mol. The first kappa shape index (κ1) is 13.8. The fourth-order valence-electron chi connectivity index (χ4n) is 3.13. The fraction of sp³-hybridized carbons (Fsp3) is 0.688. The van der Waals surface area contributed by atoms with E-state index in [1.807, 2.05) is 6.07 Å². The van der Waals surface area contributed by atoms with E-state index in [0.717, 1.165) is 11.5 Å². The number of nitrogens with one attached hydrogen (secondary N) is 2. The third kappa shape index (κ3) is 3.70. The molecule has 0 radical (unpaired) electrons. The number of pyridine rings is 1. The molecule has 1 atom stereocenters. The number of aromatic amines is 1. The first-order valence-electron chi connectivity index (χ1n) is 7.88. The Morgan fingerprint density at radius 1 is 1.35 bits per heavy atom. The Labute approximate surface area is 120 Å². The number of aromatic nitrogens is 1. The second kappa shape index (κ2) is 6.10. The van der Waals surface area contributed by atoms with E-state index in [0.29, 0.717) is 6.04 Å². The van der Waals surface area contributed by atoms with E-state index in [4.69, 9.17) is 0 Å². The zero-order chi connectivity index (χ0) is 13.9. The molecule has 0 spiro atoms. The van der Waals surface area contributed by atoms with Gasteiger partial charge in [0.25, 0.3) is 0 Å². The van der Waals surface area contributed by atoms with Crippen LogP contribution in [0.4, 0.5) is 0 Å². The molecular formula is C16H25N3O. The predicted octanol–water partition coefficient (Wildman–Crippen LogP) is 1.90. The second-order valence-corrected chi connectivity index (χ2v) is 6.39. The quantitative estimate of drug-likeness (QED) is 0.863. The molecule has 4 heteroatoms. The lowest BCUT2D eigenvalue weighted by molar-refractivity contribution is 0.186.